The first kappa shape index (κ1) is 21.1. The second-order valence-electron chi connectivity index (χ2n) is 10.9. The minimum Gasteiger partial charge on any atom is -0.480 e. The fourth-order valence-electron chi connectivity index (χ4n) is 8.51. The Kier molecular flexibility index (Phi) is 5.03. The van der Waals surface area contributed by atoms with Crippen LogP contribution in [0.1, 0.15) is 52.4 Å². The monoisotopic (exact) mass is 422 g/mol. The number of carboxylic acid groups (broad SMARTS) is 1. The van der Waals surface area contributed by atoms with Gasteiger partial charge >= 0.3 is 5.97 Å². The molecule has 10 atom stereocenters. The molecule has 170 valence electrons. The van der Waals surface area contributed by atoms with Gasteiger partial charge in [-0.3, -0.25) is 10.1 Å². The number of nitrogens with one attached hydrogen (secondary N) is 1. The molecule has 5 rings (SSSR count). The van der Waals surface area contributed by atoms with Crippen LogP contribution in [0.5, 0.6) is 0 Å². The standard InChI is InChI=1S/C23H38N2O5/c1-12(2)18(21(27)28)24-14-7-8-23(29-4)16-11-13-5-6-15(26)19-17(13)22(23,20(14)30-19)9-10-25(16)3/h12-20,24,26H,5-11H2,1-4H3,(H,27,28)/t13?,14-,15?,16?,17?,18-,19?,20-,22-,23+/m0/s1. The van der Waals surface area contributed by atoms with Crippen molar-refractivity contribution in [1.29, 1.82) is 0 Å². The summed E-state index contributed by atoms with van der Waals surface area (Å²) in [5.41, 5.74) is -0.448. The van der Waals surface area contributed by atoms with E-state index in [9.17, 15) is 15.0 Å². The Morgan fingerprint density at radius 1 is 1.27 bits per heavy atom. The fourth-order valence-corrected chi connectivity index (χ4v) is 8.51. The maximum Gasteiger partial charge on any atom is 0.320 e. The highest BCUT2D eigenvalue weighted by atomic mass is 16.5. The van der Waals surface area contributed by atoms with E-state index in [1.807, 2.05) is 21.0 Å². The van der Waals surface area contributed by atoms with Crippen molar-refractivity contribution in [3.63, 3.8) is 0 Å². The number of likely N-dealkylation sites (N-methyl/N-ethyl adjacent to an activating group) is 1. The first-order valence-electron chi connectivity index (χ1n) is 11.8. The normalized spacial score (nSPS) is 50.9. The molecule has 0 radical (unpaired) electrons. The number of carbonyl (C=O) groups is 1. The molecule has 2 bridgehead atoms. The third-order valence-corrected chi connectivity index (χ3v) is 9.63. The molecule has 30 heavy (non-hydrogen) atoms. The number of hydrogen-bond donors (Lipinski definition) is 3. The largest absolute Gasteiger partial charge is 0.480 e. The summed E-state index contributed by atoms with van der Waals surface area (Å²) in [4.78, 5) is 14.4. The van der Waals surface area contributed by atoms with Gasteiger partial charge in [0.25, 0.3) is 0 Å². The van der Waals surface area contributed by atoms with Crippen LogP contribution in [0.2, 0.25) is 0 Å². The Morgan fingerprint density at radius 3 is 2.70 bits per heavy atom. The van der Waals surface area contributed by atoms with Gasteiger partial charge in [0.15, 0.2) is 0 Å². The third kappa shape index (κ3) is 2.53. The third-order valence-electron chi connectivity index (χ3n) is 9.63. The molecule has 0 aromatic rings. The Morgan fingerprint density at radius 2 is 2.03 bits per heavy atom. The number of likely N-dealkylation sites (tertiary alicyclic amines) is 1. The van der Waals surface area contributed by atoms with Crippen LogP contribution in [-0.2, 0) is 14.3 Å². The maximum atomic E-state index is 11.9. The predicted octanol–water partition coefficient (Wildman–Crippen LogP) is 1.48. The van der Waals surface area contributed by atoms with Gasteiger partial charge in [-0.2, -0.15) is 0 Å². The van der Waals surface area contributed by atoms with Crippen molar-refractivity contribution >= 4 is 5.97 Å². The zero-order valence-electron chi connectivity index (χ0n) is 18.7. The predicted molar refractivity (Wildman–Crippen MR) is 111 cm³/mol. The van der Waals surface area contributed by atoms with Gasteiger partial charge in [-0.15, -0.1) is 0 Å². The summed E-state index contributed by atoms with van der Waals surface area (Å²) < 4.78 is 13.3. The molecule has 3 saturated carbocycles. The number of nitrogens with zero attached hydrogens (tertiary/aromatic N) is 1. The van der Waals surface area contributed by atoms with E-state index in [0.717, 1.165) is 45.1 Å². The summed E-state index contributed by atoms with van der Waals surface area (Å²) in [6, 6.07) is -0.268. The van der Waals surface area contributed by atoms with Crippen molar-refractivity contribution in [3.05, 3.63) is 0 Å². The lowest BCUT2D eigenvalue weighted by Gasteiger charge is -2.69. The summed E-state index contributed by atoms with van der Waals surface area (Å²) in [6.07, 6.45) is 4.98. The first-order valence-corrected chi connectivity index (χ1v) is 11.8. The van der Waals surface area contributed by atoms with Gasteiger partial charge in [0.1, 0.15) is 6.04 Å². The summed E-state index contributed by atoms with van der Waals surface area (Å²) in [7, 11) is 4.09. The summed E-state index contributed by atoms with van der Waals surface area (Å²) in [5.74, 6) is 0.0265. The van der Waals surface area contributed by atoms with E-state index in [1.54, 1.807) is 0 Å². The second kappa shape index (κ2) is 7.14. The van der Waals surface area contributed by atoms with Crippen molar-refractivity contribution in [3.8, 4) is 0 Å². The van der Waals surface area contributed by atoms with Crippen LogP contribution in [0.15, 0.2) is 0 Å². The van der Waals surface area contributed by atoms with E-state index >= 15 is 0 Å². The summed E-state index contributed by atoms with van der Waals surface area (Å²) in [6.45, 7) is 4.90. The zero-order chi connectivity index (χ0) is 21.4. The lowest BCUT2D eigenvalue weighted by atomic mass is 9.42. The fraction of sp³-hybridized carbons (Fsp3) is 0.957. The molecule has 1 spiro atoms. The smallest absolute Gasteiger partial charge is 0.320 e. The van der Waals surface area contributed by atoms with Gasteiger partial charge < -0.3 is 24.6 Å². The molecular formula is C23H38N2O5. The van der Waals surface area contributed by atoms with Gasteiger partial charge in [0.05, 0.1) is 23.9 Å². The van der Waals surface area contributed by atoms with Crippen LogP contribution in [0, 0.1) is 23.2 Å². The number of rotatable bonds is 5. The number of methoxy groups -OCH3 is 1. The van der Waals surface area contributed by atoms with E-state index in [1.165, 1.54) is 0 Å². The minimum absolute atomic E-state index is 0.00674. The van der Waals surface area contributed by atoms with E-state index in [0.29, 0.717) is 17.9 Å². The van der Waals surface area contributed by atoms with Gasteiger partial charge in [-0.1, -0.05) is 13.8 Å². The van der Waals surface area contributed by atoms with Crippen LogP contribution in [-0.4, -0.2) is 83.8 Å². The topological polar surface area (TPSA) is 91.3 Å². The number of aliphatic hydroxyl groups excluding tert-OH is 1. The molecule has 0 amide bonds. The average molecular weight is 423 g/mol. The molecule has 5 aliphatic rings. The molecule has 0 aromatic heterocycles. The quantitative estimate of drug-likeness (QED) is 0.618. The Balaban J connectivity index is 1.59. The number of piperidine rings is 1. The van der Waals surface area contributed by atoms with Crippen LogP contribution >= 0.6 is 0 Å². The maximum absolute atomic E-state index is 11.9. The van der Waals surface area contributed by atoms with Gasteiger partial charge in [-0.25, -0.2) is 0 Å². The van der Waals surface area contributed by atoms with E-state index < -0.39 is 18.1 Å². The summed E-state index contributed by atoms with van der Waals surface area (Å²) in [5, 5.41) is 24.2. The lowest BCUT2D eigenvalue weighted by Crippen LogP contribution is -2.78. The molecular weight excluding hydrogens is 384 g/mol. The zero-order valence-corrected chi connectivity index (χ0v) is 18.7. The molecule has 7 heteroatoms. The van der Waals surface area contributed by atoms with Crippen molar-refractivity contribution < 1.29 is 24.5 Å². The molecule has 5 unspecified atom stereocenters. The highest BCUT2D eigenvalue weighted by molar-refractivity contribution is 5.73. The van der Waals surface area contributed by atoms with E-state index in [4.69, 9.17) is 9.47 Å². The molecule has 2 saturated heterocycles. The van der Waals surface area contributed by atoms with Crippen LogP contribution in [0.4, 0.5) is 0 Å². The summed E-state index contributed by atoms with van der Waals surface area (Å²) >= 11 is 0. The minimum atomic E-state index is -0.802. The van der Waals surface area contributed by atoms with Crippen LogP contribution < -0.4 is 5.32 Å². The van der Waals surface area contributed by atoms with Crippen molar-refractivity contribution in [1.82, 2.24) is 10.2 Å². The average Bonchev–Trinajstić information content (AvgIpc) is 3.06. The Hall–Kier alpha value is -0.730. The Bertz CT molecular complexity index is 703. The number of aliphatic hydroxyl groups is 1. The molecule has 2 aliphatic heterocycles. The molecule has 5 fully saturated rings. The molecule has 0 aromatic carbocycles. The van der Waals surface area contributed by atoms with E-state index in [2.05, 4.69) is 17.3 Å². The van der Waals surface area contributed by atoms with Gasteiger partial charge in [0.2, 0.25) is 0 Å². The first-order chi connectivity index (χ1) is 14.3. The highest BCUT2D eigenvalue weighted by Gasteiger charge is 2.78. The van der Waals surface area contributed by atoms with Crippen LogP contribution in [0.3, 0.4) is 0 Å². The SMILES string of the molecule is CO[C@]12CC[C@H](N[C@H](C(=O)O)C(C)C)[C@@H]3OC4C(O)CCC5CC1N(C)CC[C@]32C54. The van der Waals surface area contributed by atoms with Crippen molar-refractivity contribution in [2.45, 2.75) is 94.4 Å². The number of ether oxygens (including phenoxy) is 2. The van der Waals surface area contributed by atoms with Crippen molar-refractivity contribution in [2.24, 2.45) is 23.2 Å². The number of aliphatic carboxylic acids is 1. The lowest BCUT2D eigenvalue weighted by molar-refractivity contribution is -0.269. The van der Waals surface area contributed by atoms with Gasteiger partial charge in [0, 0.05) is 30.5 Å². The molecule has 7 nitrogen and oxygen atoms in total. The molecule has 3 N–H and O–H groups in total. The van der Waals surface area contributed by atoms with Crippen LogP contribution in [0.25, 0.3) is 0 Å². The molecule has 3 aliphatic carbocycles. The molecule has 2 heterocycles. The second-order valence-corrected chi connectivity index (χ2v) is 10.9. The highest BCUT2D eigenvalue weighted by Crippen LogP contribution is 2.70. The number of hydrogen-bond acceptors (Lipinski definition) is 6. The van der Waals surface area contributed by atoms with Gasteiger partial charge in [-0.05, 0) is 64.0 Å². The number of carboxylic acids is 1. The Labute approximate surface area is 179 Å². The van der Waals surface area contributed by atoms with Crippen molar-refractivity contribution in [2.75, 3.05) is 20.7 Å². The van der Waals surface area contributed by atoms with E-state index in [-0.39, 0.29) is 35.2 Å².